The first-order chi connectivity index (χ1) is 9.60. The fourth-order valence-electron chi connectivity index (χ4n) is 1.89. The van der Waals surface area contributed by atoms with E-state index in [2.05, 4.69) is 6.92 Å². The Morgan fingerprint density at radius 2 is 1.60 bits per heavy atom. The smallest absolute Gasteiger partial charge is 0.119 e. The molecule has 4 heteroatoms. The van der Waals surface area contributed by atoms with Crippen molar-refractivity contribution in [3.63, 3.8) is 0 Å². The standard InChI is InChI=1S/C16H16Cl2O2/c1-2-7-20-15-5-3-11(4-6-15)16(19)12-8-13(17)10-14(18)9-12/h3-6,8-10,16,19H,2,7H2,1H3. The summed E-state index contributed by atoms with van der Waals surface area (Å²) in [7, 11) is 0. The van der Waals surface area contributed by atoms with Crippen molar-refractivity contribution in [2.45, 2.75) is 19.4 Å². The molecule has 0 saturated carbocycles. The molecule has 0 amide bonds. The molecule has 2 aromatic carbocycles. The predicted molar refractivity (Wildman–Crippen MR) is 82.8 cm³/mol. The molecule has 2 aromatic rings. The highest BCUT2D eigenvalue weighted by Crippen LogP contribution is 2.28. The quantitative estimate of drug-likeness (QED) is 0.854. The Morgan fingerprint density at radius 3 is 2.15 bits per heavy atom. The van der Waals surface area contributed by atoms with Gasteiger partial charge in [-0.3, -0.25) is 0 Å². The van der Waals surface area contributed by atoms with E-state index in [1.807, 2.05) is 24.3 Å². The van der Waals surface area contributed by atoms with E-state index in [9.17, 15) is 5.11 Å². The molecule has 0 aliphatic carbocycles. The zero-order valence-corrected chi connectivity index (χ0v) is 12.7. The topological polar surface area (TPSA) is 29.5 Å². The second-order valence-electron chi connectivity index (χ2n) is 4.52. The third-order valence-electron chi connectivity index (χ3n) is 2.87. The summed E-state index contributed by atoms with van der Waals surface area (Å²) in [5, 5.41) is 11.4. The molecule has 0 aromatic heterocycles. The summed E-state index contributed by atoms with van der Waals surface area (Å²) in [6, 6.07) is 12.4. The van der Waals surface area contributed by atoms with E-state index in [4.69, 9.17) is 27.9 Å². The molecule has 0 aliphatic heterocycles. The highest BCUT2D eigenvalue weighted by molar-refractivity contribution is 6.34. The highest BCUT2D eigenvalue weighted by Gasteiger charge is 2.12. The first-order valence-corrected chi connectivity index (χ1v) is 7.22. The SMILES string of the molecule is CCCOc1ccc(C(O)c2cc(Cl)cc(Cl)c2)cc1. The second-order valence-corrected chi connectivity index (χ2v) is 5.40. The minimum atomic E-state index is -0.758. The lowest BCUT2D eigenvalue weighted by Crippen LogP contribution is -2.00. The maximum atomic E-state index is 10.3. The van der Waals surface area contributed by atoms with Crippen molar-refractivity contribution in [2.24, 2.45) is 0 Å². The summed E-state index contributed by atoms with van der Waals surface area (Å²) >= 11 is 11.9. The van der Waals surface area contributed by atoms with Crippen LogP contribution in [-0.2, 0) is 0 Å². The van der Waals surface area contributed by atoms with Gasteiger partial charge in [-0.15, -0.1) is 0 Å². The molecule has 0 aliphatic rings. The monoisotopic (exact) mass is 310 g/mol. The molecule has 2 nitrogen and oxygen atoms in total. The molecule has 0 bridgehead atoms. The van der Waals surface area contributed by atoms with Crippen molar-refractivity contribution in [1.82, 2.24) is 0 Å². The number of aliphatic hydroxyl groups is 1. The van der Waals surface area contributed by atoms with Crippen LogP contribution < -0.4 is 4.74 Å². The summed E-state index contributed by atoms with van der Waals surface area (Å²) in [5.41, 5.74) is 1.44. The van der Waals surface area contributed by atoms with Crippen LogP contribution in [0.4, 0.5) is 0 Å². The Bertz CT molecular complexity index is 547. The van der Waals surface area contributed by atoms with Gasteiger partial charge in [-0.25, -0.2) is 0 Å². The molecular formula is C16H16Cl2O2. The number of hydrogen-bond donors (Lipinski definition) is 1. The van der Waals surface area contributed by atoms with E-state index in [0.29, 0.717) is 22.2 Å². The maximum absolute atomic E-state index is 10.3. The van der Waals surface area contributed by atoms with Gasteiger partial charge < -0.3 is 9.84 Å². The van der Waals surface area contributed by atoms with E-state index in [0.717, 1.165) is 17.7 Å². The van der Waals surface area contributed by atoms with Gasteiger partial charge in [-0.2, -0.15) is 0 Å². The number of benzene rings is 2. The molecule has 0 fully saturated rings. The molecule has 1 atom stereocenters. The van der Waals surface area contributed by atoms with Crippen molar-refractivity contribution >= 4 is 23.2 Å². The lowest BCUT2D eigenvalue weighted by molar-refractivity contribution is 0.220. The molecule has 0 radical (unpaired) electrons. The summed E-state index contributed by atoms with van der Waals surface area (Å²) in [5.74, 6) is 0.798. The summed E-state index contributed by atoms with van der Waals surface area (Å²) in [6.45, 7) is 2.74. The second kappa shape index (κ2) is 6.98. The number of halogens is 2. The van der Waals surface area contributed by atoms with Gasteiger partial charge in [-0.05, 0) is 47.9 Å². The number of ether oxygens (including phenoxy) is 1. The van der Waals surface area contributed by atoms with Gasteiger partial charge in [0.05, 0.1) is 6.61 Å². The Kier molecular flexibility index (Phi) is 5.30. The van der Waals surface area contributed by atoms with Gasteiger partial charge >= 0.3 is 0 Å². The zero-order chi connectivity index (χ0) is 14.5. The Labute approximate surface area is 128 Å². The van der Waals surface area contributed by atoms with Crippen molar-refractivity contribution in [2.75, 3.05) is 6.61 Å². The molecule has 20 heavy (non-hydrogen) atoms. The van der Waals surface area contributed by atoms with Crippen molar-refractivity contribution in [3.05, 3.63) is 63.6 Å². The molecular weight excluding hydrogens is 295 g/mol. The van der Waals surface area contributed by atoms with Crippen LogP contribution in [0.3, 0.4) is 0 Å². The van der Waals surface area contributed by atoms with E-state index in [1.165, 1.54) is 0 Å². The minimum absolute atomic E-state index is 0.509. The van der Waals surface area contributed by atoms with E-state index < -0.39 is 6.10 Å². The molecule has 0 spiro atoms. The van der Waals surface area contributed by atoms with Gasteiger partial charge in [-0.1, -0.05) is 42.3 Å². The van der Waals surface area contributed by atoms with Crippen LogP contribution in [0.1, 0.15) is 30.6 Å². The van der Waals surface area contributed by atoms with Crippen LogP contribution in [0.25, 0.3) is 0 Å². The van der Waals surface area contributed by atoms with Gasteiger partial charge in [0.1, 0.15) is 11.9 Å². The van der Waals surface area contributed by atoms with Gasteiger partial charge in [0.25, 0.3) is 0 Å². The van der Waals surface area contributed by atoms with Crippen molar-refractivity contribution in [1.29, 1.82) is 0 Å². The fraction of sp³-hybridized carbons (Fsp3) is 0.250. The zero-order valence-electron chi connectivity index (χ0n) is 11.1. The highest BCUT2D eigenvalue weighted by atomic mass is 35.5. The summed E-state index contributed by atoms with van der Waals surface area (Å²) in [4.78, 5) is 0. The van der Waals surface area contributed by atoms with E-state index in [1.54, 1.807) is 18.2 Å². The minimum Gasteiger partial charge on any atom is -0.494 e. The molecule has 1 N–H and O–H groups in total. The Hall–Kier alpha value is -1.22. The maximum Gasteiger partial charge on any atom is 0.119 e. The summed E-state index contributed by atoms with van der Waals surface area (Å²) in [6.07, 6.45) is 0.206. The largest absolute Gasteiger partial charge is 0.494 e. The predicted octanol–water partition coefficient (Wildman–Crippen LogP) is 4.86. The van der Waals surface area contributed by atoms with Crippen LogP contribution in [0.15, 0.2) is 42.5 Å². The summed E-state index contributed by atoms with van der Waals surface area (Å²) < 4.78 is 5.51. The number of aliphatic hydroxyl groups excluding tert-OH is 1. The van der Waals surface area contributed by atoms with E-state index >= 15 is 0 Å². The van der Waals surface area contributed by atoms with Crippen LogP contribution in [0.2, 0.25) is 10.0 Å². The average molecular weight is 311 g/mol. The van der Waals surface area contributed by atoms with Crippen LogP contribution >= 0.6 is 23.2 Å². The molecule has 0 heterocycles. The Morgan fingerprint density at radius 1 is 1.00 bits per heavy atom. The Balaban J connectivity index is 2.17. The average Bonchev–Trinajstić information content (AvgIpc) is 2.44. The first kappa shape index (κ1) is 15.2. The molecule has 1 unspecified atom stereocenters. The third-order valence-corrected chi connectivity index (χ3v) is 3.31. The normalized spacial score (nSPS) is 12.2. The number of hydrogen-bond acceptors (Lipinski definition) is 2. The van der Waals surface area contributed by atoms with Crippen LogP contribution in [0.5, 0.6) is 5.75 Å². The van der Waals surface area contributed by atoms with Crippen molar-refractivity contribution in [3.8, 4) is 5.75 Å². The van der Waals surface area contributed by atoms with Crippen molar-refractivity contribution < 1.29 is 9.84 Å². The van der Waals surface area contributed by atoms with E-state index in [-0.39, 0.29) is 0 Å². The molecule has 2 rings (SSSR count). The van der Waals surface area contributed by atoms with Gasteiger partial charge in [0.15, 0.2) is 0 Å². The third kappa shape index (κ3) is 3.89. The lowest BCUT2D eigenvalue weighted by atomic mass is 10.0. The molecule has 0 saturated heterocycles. The molecule has 106 valence electrons. The van der Waals surface area contributed by atoms with Gasteiger partial charge in [0.2, 0.25) is 0 Å². The van der Waals surface area contributed by atoms with Gasteiger partial charge in [0, 0.05) is 10.0 Å². The fourth-order valence-corrected chi connectivity index (χ4v) is 2.43. The van der Waals surface area contributed by atoms with Crippen LogP contribution in [-0.4, -0.2) is 11.7 Å². The first-order valence-electron chi connectivity index (χ1n) is 6.47. The van der Waals surface area contributed by atoms with Crippen LogP contribution in [0, 0.1) is 0 Å². The number of rotatable bonds is 5. The lowest BCUT2D eigenvalue weighted by Gasteiger charge is -2.13.